The quantitative estimate of drug-likeness (QED) is 0.490. The molecule has 0 spiro atoms. The van der Waals surface area contributed by atoms with Crippen LogP contribution in [-0.4, -0.2) is 11.1 Å². The molecule has 1 rings (SSSR count). The van der Waals surface area contributed by atoms with Crippen molar-refractivity contribution < 1.29 is 61.3 Å². The molecular formula is C14H21KO2. The maximum Gasteiger partial charge on any atom is 1.00 e. The van der Waals surface area contributed by atoms with Gasteiger partial charge in [-0.15, -0.1) is 0 Å². The number of carboxylic acid groups (broad SMARTS) is 1. The van der Waals surface area contributed by atoms with Crippen molar-refractivity contribution in [1.29, 1.82) is 0 Å². The molecule has 0 aliphatic rings. The van der Waals surface area contributed by atoms with E-state index in [0.717, 1.165) is 0 Å². The number of hydrogen-bond acceptors (Lipinski definition) is 1. The molecule has 17 heavy (non-hydrogen) atoms. The van der Waals surface area contributed by atoms with Crippen molar-refractivity contribution in [2.45, 2.75) is 39.5 Å². The Morgan fingerprint density at radius 3 is 2.18 bits per heavy atom. The number of unbranched alkanes of at least 4 members (excludes halogenated alkanes) is 4. The first-order chi connectivity index (χ1) is 7.72. The number of aromatic carboxylic acids is 1. The van der Waals surface area contributed by atoms with E-state index in [1.165, 1.54) is 25.7 Å². The number of rotatable bonds is 5. The molecule has 2 nitrogen and oxygen atoms in total. The van der Waals surface area contributed by atoms with E-state index in [4.69, 9.17) is 5.11 Å². The number of hydrogen-bond donors (Lipinski definition) is 1. The molecular weight excluding hydrogens is 239 g/mol. The van der Waals surface area contributed by atoms with Crippen LogP contribution < -0.4 is 51.4 Å². The van der Waals surface area contributed by atoms with Crippen LogP contribution in [0.4, 0.5) is 0 Å². The summed E-state index contributed by atoms with van der Waals surface area (Å²) in [6.45, 7) is 4.35. The summed E-state index contributed by atoms with van der Waals surface area (Å²) in [5.74, 6) is -0.879. The first-order valence-corrected chi connectivity index (χ1v) is 5.78. The summed E-state index contributed by atoms with van der Waals surface area (Å²) in [5.41, 5.74) is 0.331. The third-order valence-corrected chi connectivity index (χ3v) is 2.12. The van der Waals surface area contributed by atoms with Crippen molar-refractivity contribution in [3.63, 3.8) is 0 Å². The second-order valence-corrected chi connectivity index (χ2v) is 3.58. The van der Waals surface area contributed by atoms with E-state index in [0.29, 0.717) is 5.56 Å². The van der Waals surface area contributed by atoms with Gasteiger partial charge in [-0.3, -0.25) is 0 Å². The molecule has 0 unspecified atom stereocenters. The minimum absolute atomic E-state index is 0. The Kier molecular flexibility index (Phi) is 16.6. The monoisotopic (exact) mass is 260 g/mol. The van der Waals surface area contributed by atoms with Gasteiger partial charge >= 0.3 is 57.4 Å². The molecule has 0 fully saturated rings. The summed E-state index contributed by atoms with van der Waals surface area (Å²) >= 11 is 0. The van der Waals surface area contributed by atoms with Gasteiger partial charge < -0.3 is 11.5 Å². The molecule has 0 amide bonds. The topological polar surface area (TPSA) is 37.3 Å². The molecule has 1 aromatic rings. The van der Waals surface area contributed by atoms with Crippen LogP contribution in [0, 0.1) is 6.42 Å². The molecule has 0 aromatic heterocycles. The van der Waals surface area contributed by atoms with E-state index in [-0.39, 0.29) is 51.4 Å². The van der Waals surface area contributed by atoms with Gasteiger partial charge in [0.15, 0.2) is 0 Å². The van der Waals surface area contributed by atoms with Gasteiger partial charge in [0, 0.05) is 0 Å². The molecule has 1 aromatic carbocycles. The molecule has 0 atom stereocenters. The first kappa shape index (κ1) is 19.7. The second kappa shape index (κ2) is 14.4. The first-order valence-electron chi connectivity index (χ1n) is 5.78. The molecule has 0 saturated heterocycles. The van der Waals surface area contributed by atoms with Gasteiger partial charge in [-0.05, 0) is 12.1 Å². The van der Waals surface area contributed by atoms with E-state index in [9.17, 15) is 4.79 Å². The molecule has 0 aliphatic heterocycles. The zero-order valence-electron chi connectivity index (χ0n) is 11.1. The predicted octanol–water partition coefficient (Wildman–Crippen LogP) is 1.18. The average Bonchev–Trinajstić information content (AvgIpc) is 2.32. The standard InChI is InChI=1S/C7H6O2.C7H15.K/c8-7(9)6-4-2-1-3-5-6;1-3-5-7-6-4-2;/h1-5H,(H,8,9);3H,4-7H2,1-2H3;/q;-1;+1. The summed E-state index contributed by atoms with van der Waals surface area (Å²) in [5, 5.41) is 8.38. The Morgan fingerprint density at radius 1 is 1.24 bits per heavy atom. The van der Waals surface area contributed by atoms with Gasteiger partial charge in [-0.1, -0.05) is 44.4 Å². The fourth-order valence-corrected chi connectivity index (χ4v) is 1.18. The third kappa shape index (κ3) is 12.6. The van der Waals surface area contributed by atoms with Gasteiger partial charge in [-0.25, -0.2) is 4.79 Å². The second-order valence-electron chi connectivity index (χ2n) is 3.58. The fraction of sp³-hybridized carbons (Fsp3) is 0.429. The normalized spacial score (nSPS) is 8.59. The van der Waals surface area contributed by atoms with E-state index < -0.39 is 5.97 Å². The Bertz CT molecular complexity index is 269. The van der Waals surface area contributed by atoms with Crippen molar-refractivity contribution in [2.24, 2.45) is 0 Å². The zero-order valence-corrected chi connectivity index (χ0v) is 14.3. The van der Waals surface area contributed by atoms with Crippen LogP contribution in [0.25, 0.3) is 0 Å². The third-order valence-electron chi connectivity index (χ3n) is 2.12. The average molecular weight is 260 g/mol. The van der Waals surface area contributed by atoms with Crippen LogP contribution in [0.3, 0.4) is 0 Å². The zero-order chi connectivity index (χ0) is 12.2. The molecule has 0 aliphatic carbocycles. The number of benzene rings is 1. The largest absolute Gasteiger partial charge is 1.00 e. The SMILES string of the molecule is C[CH-]CCCCC.O=C(O)c1ccccc1.[K+]. The Morgan fingerprint density at radius 2 is 1.82 bits per heavy atom. The molecule has 1 N–H and O–H groups in total. The maximum absolute atomic E-state index is 10.2. The smallest absolute Gasteiger partial charge is 0.478 e. The van der Waals surface area contributed by atoms with Crippen molar-refractivity contribution in [3.8, 4) is 0 Å². The number of carbonyl (C=O) groups is 1. The fourth-order valence-electron chi connectivity index (χ4n) is 1.18. The predicted molar refractivity (Wildman–Crippen MR) is 67.5 cm³/mol. The van der Waals surface area contributed by atoms with Crippen molar-refractivity contribution >= 4 is 5.97 Å². The summed E-state index contributed by atoms with van der Waals surface area (Å²) in [6, 6.07) is 8.30. The maximum atomic E-state index is 10.2. The van der Waals surface area contributed by atoms with E-state index in [2.05, 4.69) is 20.3 Å². The van der Waals surface area contributed by atoms with Crippen molar-refractivity contribution in [1.82, 2.24) is 0 Å². The number of carboxylic acids is 1. The van der Waals surface area contributed by atoms with Crippen LogP contribution in [-0.2, 0) is 0 Å². The summed E-state index contributed by atoms with van der Waals surface area (Å²) in [4.78, 5) is 10.2. The molecule has 0 heterocycles. The van der Waals surface area contributed by atoms with E-state index >= 15 is 0 Å². The Balaban J connectivity index is 0. The van der Waals surface area contributed by atoms with Crippen molar-refractivity contribution in [2.75, 3.05) is 0 Å². The van der Waals surface area contributed by atoms with E-state index in [1.807, 2.05) is 0 Å². The Hall–Kier alpha value is 0.326. The van der Waals surface area contributed by atoms with Crippen LogP contribution in [0.1, 0.15) is 49.9 Å². The minimum atomic E-state index is -0.879. The van der Waals surface area contributed by atoms with E-state index in [1.54, 1.807) is 30.3 Å². The molecule has 3 heteroatoms. The van der Waals surface area contributed by atoms with Crippen LogP contribution >= 0.6 is 0 Å². The summed E-state index contributed by atoms with van der Waals surface area (Å²) in [6.07, 6.45) is 7.65. The van der Waals surface area contributed by atoms with Gasteiger partial charge in [0.05, 0.1) is 5.56 Å². The van der Waals surface area contributed by atoms with Gasteiger partial charge in [0.1, 0.15) is 0 Å². The molecule has 90 valence electrons. The summed E-state index contributed by atoms with van der Waals surface area (Å²) in [7, 11) is 0. The van der Waals surface area contributed by atoms with Gasteiger partial charge in [0.25, 0.3) is 0 Å². The Labute approximate surface area is 147 Å². The molecule has 0 bridgehead atoms. The van der Waals surface area contributed by atoms with Crippen molar-refractivity contribution in [3.05, 3.63) is 42.3 Å². The van der Waals surface area contributed by atoms with Crippen LogP contribution in [0.5, 0.6) is 0 Å². The molecule has 0 radical (unpaired) electrons. The summed E-state index contributed by atoms with van der Waals surface area (Å²) < 4.78 is 0. The van der Waals surface area contributed by atoms with Gasteiger partial charge in [0.2, 0.25) is 0 Å². The van der Waals surface area contributed by atoms with Crippen LogP contribution in [0.2, 0.25) is 0 Å². The molecule has 0 saturated carbocycles. The van der Waals surface area contributed by atoms with Crippen LogP contribution in [0.15, 0.2) is 30.3 Å². The minimum Gasteiger partial charge on any atom is -0.478 e. The van der Waals surface area contributed by atoms with Gasteiger partial charge in [-0.2, -0.15) is 13.3 Å².